The summed E-state index contributed by atoms with van der Waals surface area (Å²) in [5.41, 5.74) is 1.72. The van der Waals surface area contributed by atoms with Crippen LogP contribution >= 0.6 is 0 Å². The third-order valence-electron chi connectivity index (χ3n) is 4.19. The molecule has 2 nitrogen and oxygen atoms in total. The van der Waals surface area contributed by atoms with Gasteiger partial charge in [-0.05, 0) is 31.9 Å². The molecule has 1 aromatic rings. The summed E-state index contributed by atoms with van der Waals surface area (Å²) in [6.45, 7) is 10.3. The van der Waals surface area contributed by atoms with E-state index in [2.05, 4.69) is 61.3 Å². The van der Waals surface area contributed by atoms with Crippen LogP contribution in [0.3, 0.4) is 0 Å². The summed E-state index contributed by atoms with van der Waals surface area (Å²) in [5, 5.41) is 3.74. The van der Waals surface area contributed by atoms with Gasteiger partial charge in [0.2, 0.25) is 0 Å². The van der Waals surface area contributed by atoms with Crippen LogP contribution in [0.5, 0.6) is 0 Å². The van der Waals surface area contributed by atoms with Crippen LogP contribution in [0.2, 0.25) is 0 Å². The summed E-state index contributed by atoms with van der Waals surface area (Å²) >= 11 is 0. The van der Waals surface area contributed by atoms with Crippen LogP contribution in [0.1, 0.15) is 45.2 Å². The number of hydrogen-bond donors (Lipinski definition) is 1. The second-order valence-corrected chi connectivity index (χ2v) is 5.69. The van der Waals surface area contributed by atoms with Gasteiger partial charge < -0.3 is 5.32 Å². The molecule has 1 heterocycles. The van der Waals surface area contributed by atoms with Gasteiger partial charge >= 0.3 is 0 Å². The molecule has 0 amide bonds. The molecule has 1 aliphatic heterocycles. The minimum Gasteiger partial charge on any atom is -0.308 e. The quantitative estimate of drug-likeness (QED) is 0.877. The van der Waals surface area contributed by atoms with Crippen molar-refractivity contribution >= 4 is 0 Å². The fourth-order valence-corrected chi connectivity index (χ4v) is 2.85. The number of nitrogens with one attached hydrogen (secondary N) is 1. The van der Waals surface area contributed by atoms with Gasteiger partial charge in [0.05, 0.1) is 0 Å². The molecule has 2 unspecified atom stereocenters. The normalized spacial score (nSPS) is 29.4. The number of piperazine rings is 1. The van der Waals surface area contributed by atoms with E-state index in [4.69, 9.17) is 0 Å². The molecule has 0 spiro atoms. The standard InChI is InChI=1S/C16H26N2/c1-4-11-18-13-16(3,5-2)17-12-15(18)14-9-7-6-8-10-14/h6-10,15,17H,4-5,11-13H2,1-3H3. The maximum atomic E-state index is 3.74. The van der Waals surface area contributed by atoms with E-state index >= 15 is 0 Å². The van der Waals surface area contributed by atoms with E-state index in [0.29, 0.717) is 6.04 Å². The fraction of sp³-hybridized carbons (Fsp3) is 0.625. The largest absolute Gasteiger partial charge is 0.308 e. The molecule has 1 N–H and O–H groups in total. The van der Waals surface area contributed by atoms with Crippen molar-refractivity contribution < 1.29 is 0 Å². The first-order chi connectivity index (χ1) is 8.68. The van der Waals surface area contributed by atoms with Gasteiger partial charge in [0.15, 0.2) is 0 Å². The van der Waals surface area contributed by atoms with Crippen LogP contribution in [0, 0.1) is 0 Å². The van der Waals surface area contributed by atoms with Gasteiger partial charge in [-0.2, -0.15) is 0 Å². The first kappa shape index (κ1) is 13.6. The van der Waals surface area contributed by atoms with Gasteiger partial charge in [0.25, 0.3) is 0 Å². The predicted octanol–water partition coefficient (Wildman–Crippen LogP) is 3.21. The molecule has 1 saturated heterocycles. The van der Waals surface area contributed by atoms with E-state index in [-0.39, 0.29) is 5.54 Å². The molecule has 1 fully saturated rings. The molecule has 0 radical (unpaired) electrons. The van der Waals surface area contributed by atoms with Crippen LogP contribution in [-0.2, 0) is 0 Å². The van der Waals surface area contributed by atoms with Crippen LogP contribution in [0.25, 0.3) is 0 Å². The SMILES string of the molecule is CCCN1CC(C)(CC)NCC1c1ccccc1. The molecule has 18 heavy (non-hydrogen) atoms. The van der Waals surface area contributed by atoms with E-state index < -0.39 is 0 Å². The summed E-state index contributed by atoms with van der Waals surface area (Å²) in [7, 11) is 0. The summed E-state index contributed by atoms with van der Waals surface area (Å²) < 4.78 is 0. The molecule has 0 aliphatic carbocycles. The third kappa shape index (κ3) is 2.93. The van der Waals surface area contributed by atoms with E-state index in [1.54, 1.807) is 0 Å². The Hall–Kier alpha value is -0.860. The van der Waals surface area contributed by atoms with E-state index in [0.717, 1.165) is 13.1 Å². The molecule has 100 valence electrons. The van der Waals surface area contributed by atoms with Gasteiger partial charge in [-0.15, -0.1) is 0 Å². The lowest BCUT2D eigenvalue weighted by atomic mass is 9.91. The molecular weight excluding hydrogens is 220 g/mol. The van der Waals surface area contributed by atoms with Crippen LogP contribution in [-0.4, -0.2) is 30.1 Å². The average molecular weight is 246 g/mol. The Morgan fingerprint density at radius 2 is 2.00 bits per heavy atom. The molecule has 1 aromatic carbocycles. The van der Waals surface area contributed by atoms with Gasteiger partial charge in [0.1, 0.15) is 0 Å². The molecule has 2 rings (SSSR count). The Morgan fingerprint density at radius 3 is 2.61 bits per heavy atom. The number of hydrogen-bond acceptors (Lipinski definition) is 2. The summed E-state index contributed by atoms with van der Waals surface area (Å²) in [5.74, 6) is 0. The van der Waals surface area contributed by atoms with E-state index in [1.807, 2.05) is 0 Å². The first-order valence-electron chi connectivity index (χ1n) is 7.22. The highest BCUT2D eigenvalue weighted by molar-refractivity contribution is 5.20. The molecule has 2 atom stereocenters. The Kier molecular flexibility index (Phi) is 4.41. The lowest BCUT2D eigenvalue weighted by Gasteiger charge is -2.46. The lowest BCUT2D eigenvalue weighted by molar-refractivity contribution is 0.0842. The number of benzene rings is 1. The highest BCUT2D eigenvalue weighted by atomic mass is 15.2. The highest BCUT2D eigenvalue weighted by Gasteiger charge is 2.34. The van der Waals surface area contributed by atoms with Gasteiger partial charge in [0, 0.05) is 24.7 Å². The van der Waals surface area contributed by atoms with Crippen molar-refractivity contribution in [2.24, 2.45) is 0 Å². The first-order valence-corrected chi connectivity index (χ1v) is 7.22. The molecule has 0 bridgehead atoms. The zero-order chi connectivity index (χ0) is 13.0. The van der Waals surface area contributed by atoms with Crippen LogP contribution in [0.4, 0.5) is 0 Å². The highest BCUT2D eigenvalue weighted by Crippen LogP contribution is 2.28. The zero-order valence-corrected chi connectivity index (χ0v) is 11.9. The van der Waals surface area contributed by atoms with Crippen LogP contribution < -0.4 is 5.32 Å². The van der Waals surface area contributed by atoms with Gasteiger partial charge in [-0.3, -0.25) is 4.90 Å². The topological polar surface area (TPSA) is 15.3 Å². The van der Waals surface area contributed by atoms with Crippen molar-refractivity contribution in [3.63, 3.8) is 0 Å². The monoisotopic (exact) mass is 246 g/mol. The predicted molar refractivity (Wildman–Crippen MR) is 77.7 cm³/mol. The molecule has 2 heteroatoms. The third-order valence-corrected chi connectivity index (χ3v) is 4.19. The number of rotatable bonds is 4. The van der Waals surface area contributed by atoms with Gasteiger partial charge in [-0.1, -0.05) is 44.2 Å². The smallest absolute Gasteiger partial charge is 0.0473 e. The minimum absolute atomic E-state index is 0.278. The Bertz CT molecular complexity index is 363. The van der Waals surface area contributed by atoms with Gasteiger partial charge in [-0.25, -0.2) is 0 Å². The van der Waals surface area contributed by atoms with Crippen molar-refractivity contribution in [1.29, 1.82) is 0 Å². The van der Waals surface area contributed by atoms with Crippen molar-refractivity contribution in [3.8, 4) is 0 Å². The Morgan fingerprint density at radius 1 is 1.28 bits per heavy atom. The Labute approximate surface area is 111 Å². The van der Waals surface area contributed by atoms with Crippen molar-refractivity contribution in [2.45, 2.75) is 45.2 Å². The maximum Gasteiger partial charge on any atom is 0.0473 e. The fourth-order valence-electron chi connectivity index (χ4n) is 2.85. The average Bonchev–Trinajstić information content (AvgIpc) is 2.40. The molecule has 0 aromatic heterocycles. The van der Waals surface area contributed by atoms with Crippen molar-refractivity contribution in [1.82, 2.24) is 10.2 Å². The van der Waals surface area contributed by atoms with Crippen LogP contribution in [0.15, 0.2) is 30.3 Å². The minimum atomic E-state index is 0.278. The summed E-state index contributed by atoms with van der Waals surface area (Å²) in [6, 6.07) is 11.4. The summed E-state index contributed by atoms with van der Waals surface area (Å²) in [6.07, 6.45) is 2.41. The van der Waals surface area contributed by atoms with E-state index in [1.165, 1.54) is 24.9 Å². The number of nitrogens with zero attached hydrogens (tertiary/aromatic N) is 1. The van der Waals surface area contributed by atoms with Crippen molar-refractivity contribution in [2.75, 3.05) is 19.6 Å². The van der Waals surface area contributed by atoms with E-state index in [9.17, 15) is 0 Å². The Balaban J connectivity index is 2.15. The molecular formula is C16H26N2. The summed E-state index contributed by atoms with van der Waals surface area (Å²) in [4.78, 5) is 2.65. The van der Waals surface area contributed by atoms with Crippen molar-refractivity contribution in [3.05, 3.63) is 35.9 Å². The zero-order valence-electron chi connectivity index (χ0n) is 11.9. The maximum absolute atomic E-state index is 3.74. The second-order valence-electron chi connectivity index (χ2n) is 5.69. The molecule has 0 saturated carbocycles. The lowest BCUT2D eigenvalue weighted by Crippen LogP contribution is -2.59. The molecule has 1 aliphatic rings. The second kappa shape index (κ2) is 5.85.